The largest absolute Gasteiger partial charge is 0.352 e. The van der Waals surface area contributed by atoms with Gasteiger partial charge in [0, 0.05) is 23.2 Å². The van der Waals surface area contributed by atoms with Gasteiger partial charge < -0.3 is 9.88 Å². The van der Waals surface area contributed by atoms with Crippen LogP contribution in [0.1, 0.15) is 60.5 Å². The minimum atomic E-state index is -0.0557. The van der Waals surface area contributed by atoms with E-state index in [1.807, 2.05) is 48.8 Å². The molecule has 5 heteroatoms. The molecule has 28 heavy (non-hydrogen) atoms. The Labute approximate surface area is 170 Å². The third-order valence-corrected chi connectivity index (χ3v) is 5.92. The maximum Gasteiger partial charge on any atom is 0.251 e. The lowest BCUT2D eigenvalue weighted by Crippen LogP contribution is -2.25. The van der Waals surface area contributed by atoms with E-state index in [-0.39, 0.29) is 5.91 Å². The van der Waals surface area contributed by atoms with Crippen molar-refractivity contribution in [3.05, 3.63) is 64.9 Å². The summed E-state index contributed by atoms with van der Waals surface area (Å²) in [5, 5.41) is 3.72. The number of fused-ring (bicyclic) bond motifs is 1. The molecule has 1 N–H and O–H groups in total. The SMILES string of the molecule is O=C(NCCc1ccc(Cl)cc1)c1ccc2c(c1)ncn2C1CCCCCC1. The van der Waals surface area contributed by atoms with Crippen molar-refractivity contribution in [3.8, 4) is 0 Å². The molecule has 1 fully saturated rings. The molecule has 146 valence electrons. The van der Waals surface area contributed by atoms with Gasteiger partial charge in [-0.3, -0.25) is 4.79 Å². The van der Waals surface area contributed by atoms with E-state index in [1.165, 1.54) is 38.5 Å². The molecule has 1 aromatic heterocycles. The highest BCUT2D eigenvalue weighted by Gasteiger charge is 2.17. The molecule has 0 unspecified atom stereocenters. The number of hydrogen-bond acceptors (Lipinski definition) is 2. The van der Waals surface area contributed by atoms with Crippen LogP contribution in [0.5, 0.6) is 0 Å². The number of halogens is 1. The fraction of sp³-hybridized carbons (Fsp3) is 0.391. The van der Waals surface area contributed by atoms with Gasteiger partial charge in [-0.05, 0) is 55.2 Å². The number of benzene rings is 2. The van der Waals surface area contributed by atoms with Crippen LogP contribution in [0.4, 0.5) is 0 Å². The second-order valence-corrected chi connectivity index (χ2v) is 8.07. The molecule has 0 bridgehead atoms. The van der Waals surface area contributed by atoms with Crippen molar-refractivity contribution < 1.29 is 4.79 Å². The highest BCUT2D eigenvalue weighted by molar-refractivity contribution is 6.30. The zero-order valence-corrected chi connectivity index (χ0v) is 16.8. The smallest absolute Gasteiger partial charge is 0.251 e. The molecule has 1 amide bonds. The summed E-state index contributed by atoms with van der Waals surface area (Å²) in [6, 6.07) is 14.1. The van der Waals surface area contributed by atoms with Gasteiger partial charge in [0.2, 0.25) is 0 Å². The van der Waals surface area contributed by atoms with Crippen LogP contribution >= 0.6 is 11.6 Å². The number of imidazole rings is 1. The second-order valence-electron chi connectivity index (χ2n) is 7.63. The van der Waals surface area contributed by atoms with E-state index in [4.69, 9.17) is 11.6 Å². The van der Waals surface area contributed by atoms with Gasteiger partial charge in [-0.15, -0.1) is 0 Å². The Balaban J connectivity index is 1.41. The zero-order chi connectivity index (χ0) is 19.3. The van der Waals surface area contributed by atoms with Gasteiger partial charge in [-0.2, -0.15) is 0 Å². The number of nitrogens with zero attached hydrogens (tertiary/aromatic N) is 2. The van der Waals surface area contributed by atoms with Crippen LogP contribution in [0.15, 0.2) is 48.8 Å². The molecule has 0 saturated heterocycles. The number of carbonyl (C=O) groups is 1. The van der Waals surface area contributed by atoms with E-state index >= 15 is 0 Å². The lowest BCUT2D eigenvalue weighted by Gasteiger charge is -2.17. The summed E-state index contributed by atoms with van der Waals surface area (Å²) >= 11 is 5.91. The van der Waals surface area contributed by atoms with Crippen LogP contribution in [-0.4, -0.2) is 22.0 Å². The first kappa shape index (κ1) is 19.0. The summed E-state index contributed by atoms with van der Waals surface area (Å²) in [6.45, 7) is 0.592. The molecule has 4 nitrogen and oxygen atoms in total. The van der Waals surface area contributed by atoms with Gasteiger partial charge in [0.05, 0.1) is 17.4 Å². The van der Waals surface area contributed by atoms with Gasteiger partial charge in [0.15, 0.2) is 0 Å². The predicted molar refractivity (Wildman–Crippen MR) is 114 cm³/mol. The van der Waals surface area contributed by atoms with Crippen LogP contribution in [0, 0.1) is 0 Å². The molecular weight excluding hydrogens is 370 g/mol. The summed E-state index contributed by atoms with van der Waals surface area (Å²) in [5.41, 5.74) is 3.84. The average molecular weight is 396 g/mol. The molecule has 4 rings (SSSR count). The number of nitrogens with one attached hydrogen (secondary N) is 1. The molecule has 0 radical (unpaired) electrons. The number of amides is 1. The number of aromatic nitrogens is 2. The minimum Gasteiger partial charge on any atom is -0.352 e. The Hall–Kier alpha value is -2.33. The van der Waals surface area contributed by atoms with Gasteiger partial charge in [-0.25, -0.2) is 4.98 Å². The molecule has 2 aromatic carbocycles. The quantitative estimate of drug-likeness (QED) is 0.575. The maximum atomic E-state index is 12.5. The minimum absolute atomic E-state index is 0.0557. The monoisotopic (exact) mass is 395 g/mol. The topological polar surface area (TPSA) is 46.9 Å². The normalized spacial score (nSPS) is 15.5. The van der Waals surface area contributed by atoms with Gasteiger partial charge in [0.1, 0.15) is 0 Å². The number of carbonyl (C=O) groups excluding carboxylic acids is 1. The molecule has 3 aromatic rings. The van der Waals surface area contributed by atoms with Crippen molar-refractivity contribution in [2.45, 2.75) is 51.0 Å². The van der Waals surface area contributed by atoms with Gasteiger partial charge >= 0.3 is 0 Å². The van der Waals surface area contributed by atoms with E-state index < -0.39 is 0 Å². The Bertz CT molecular complexity index is 940. The van der Waals surface area contributed by atoms with Crippen LogP contribution in [0.3, 0.4) is 0 Å². The molecule has 0 atom stereocenters. The van der Waals surface area contributed by atoms with Crippen LogP contribution < -0.4 is 5.32 Å². The van der Waals surface area contributed by atoms with Gasteiger partial charge in [-0.1, -0.05) is 49.4 Å². The molecule has 1 aliphatic rings. The molecule has 1 saturated carbocycles. The standard InChI is InChI=1S/C23H26ClN3O/c24-19-10-7-17(8-11-19)13-14-25-23(28)18-9-12-22-21(15-18)26-16-27(22)20-5-3-1-2-4-6-20/h7-12,15-16,20H,1-6,13-14H2,(H,25,28). The fourth-order valence-corrected chi connectivity index (χ4v) is 4.20. The number of hydrogen-bond donors (Lipinski definition) is 1. The highest BCUT2D eigenvalue weighted by atomic mass is 35.5. The van der Waals surface area contributed by atoms with Crippen molar-refractivity contribution >= 4 is 28.5 Å². The van der Waals surface area contributed by atoms with E-state index in [0.29, 0.717) is 18.2 Å². The molecule has 0 aliphatic heterocycles. The molecule has 0 spiro atoms. The summed E-state index contributed by atoms with van der Waals surface area (Å²) < 4.78 is 2.31. The lowest BCUT2D eigenvalue weighted by molar-refractivity contribution is 0.0954. The average Bonchev–Trinajstić information content (AvgIpc) is 2.94. The van der Waals surface area contributed by atoms with E-state index in [1.54, 1.807) is 0 Å². The molecule has 1 heterocycles. The van der Waals surface area contributed by atoms with Crippen LogP contribution in [-0.2, 0) is 6.42 Å². The van der Waals surface area contributed by atoms with E-state index in [2.05, 4.69) is 14.9 Å². The first-order valence-corrected chi connectivity index (χ1v) is 10.6. The summed E-state index contributed by atoms with van der Waals surface area (Å²) in [4.78, 5) is 17.1. The first-order valence-electron chi connectivity index (χ1n) is 10.2. The number of rotatable bonds is 5. The zero-order valence-electron chi connectivity index (χ0n) is 16.0. The van der Waals surface area contributed by atoms with E-state index in [9.17, 15) is 4.79 Å². The van der Waals surface area contributed by atoms with Crippen molar-refractivity contribution in [3.63, 3.8) is 0 Å². The summed E-state index contributed by atoms with van der Waals surface area (Å²) in [7, 11) is 0. The lowest BCUT2D eigenvalue weighted by atomic mass is 10.1. The fourth-order valence-electron chi connectivity index (χ4n) is 4.07. The van der Waals surface area contributed by atoms with Gasteiger partial charge in [0.25, 0.3) is 5.91 Å². The van der Waals surface area contributed by atoms with Crippen molar-refractivity contribution in [1.29, 1.82) is 0 Å². The second kappa shape index (κ2) is 8.78. The van der Waals surface area contributed by atoms with Crippen LogP contribution in [0.25, 0.3) is 11.0 Å². The molecular formula is C23H26ClN3O. The Kier molecular flexibility index (Phi) is 5.96. The Morgan fingerprint density at radius 3 is 2.57 bits per heavy atom. The predicted octanol–water partition coefficient (Wildman–Crippen LogP) is 5.56. The van der Waals surface area contributed by atoms with E-state index in [0.717, 1.165) is 28.0 Å². The summed E-state index contributed by atoms with van der Waals surface area (Å²) in [5.74, 6) is -0.0557. The van der Waals surface area contributed by atoms with Crippen LogP contribution in [0.2, 0.25) is 5.02 Å². The van der Waals surface area contributed by atoms with Crippen molar-refractivity contribution in [1.82, 2.24) is 14.9 Å². The summed E-state index contributed by atoms with van der Waals surface area (Å²) in [6.07, 6.45) is 10.4. The molecule has 1 aliphatic carbocycles. The maximum absolute atomic E-state index is 12.5. The van der Waals surface area contributed by atoms with Crippen molar-refractivity contribution in [2.75, 3.05) is 6.54 Å². The van der Waals surface area contributed by atoms with Crippen molar-refractivity contribution in [2.24, 2.45) is 0 Å². The Morgan fingerprint density at radius 1 is 1.07 bits per heavy atom. The third-order valence-electron chi connectivity index (χ3n) is 5.67. The first-order chi connectivity index (χ1) is 13.7. The highest BCUT2D eigenvalue weighted by Crippen LogP contribution is 2.30. The Morgan fingerprint density at radius 2 is 1.82 bits per heavy atom. The third kappa shape index (κ3) is 4.39.